The van der Waals surface area contributed by atoms with Gasteiger partial charge in [0.25, 0.3) is 0 Å². The van der Waals surface area contributed by atoms with E-state index in [1.54, 1.807) is 0 Å². The van der Waals surface area contributed by atoms with Crippen LogP contribution in [0.25, 0.3) is 0 Å². The van der Waals surface area contributed by atoms with Gasteiger partial charge in [-0.1, -0.05) is 0 Å². The van der Waals surface area contributed by atoms with Crippen molar-refractivity contribution in [2.75, 3.05) is 13.1 Å². The van der Waals surface area contributed by atoms with Gasteiger partial charge < -0.3 is 10.1 Å². The Hall–Kier alpha value is -0.570. The van der Waals surface area contributed by atoms with Crippen molar-refractivity contribution in [1.29, 1.82) is 0 Å². The highest BCUT2D eigenvalue weighted by atomic mass is 16.6. The zero-order chi connectivity index (χ0) is 12.5. The molecule has 0 amide bonds. The second-order valence-electron chi connectivity index (χ2n) is 6.73. The van der Waals surface area contributed by atoms with Crippen LogP contribution >= 0.6 is 0 Å². The molecular weight excluding hydrogens is 214 g/mol. The molecule has 2 aliphatic rings. The summed E-state index contributed by atoms with van der Waals surface area (Å²) in [5.41, 5.74) is 0.152. The maximum Gasteiger partial charge on any atom is 0.309 e. The van der Waals surface area contributed by atoms with Crippen LogP contribution in [-0.4, -0.2) is 24.7 Å². The molecule has 3 heteroatoms. The van der Waals surface area contributed by atoms with Crippen molar-refractivity contribution in [1.82, 2.24) is 5.32 Å². The lowest BCUT2D eigenvalue weighted by molar-refractivity contribution is -0.161. The lowest BCUT2D eigenvalue weighted by Gasteiger charge is -2.36. The van der Waals surface area contributed by atoms with Crippen molar-refractivity contribution in [3.05, 3.63) is 0 Å². The highest BCUT2D eigenvalue weighted by Crippen LogP contribution is 2.43. The van der Waals surface area contributed by atoms with E-state index in [1.165, 1.54) is 19.3 Å². The van der Waals surface area contributed by atoms with E-state index in [-0.39, 0.29) is 17.5 Å². The number of nitrogens with one attached hydrogen (secondary N) is 1. The van der Waals surface area contributed by atoms with Gasteiger partial charge in [0.1, 0.15) is 5.60 Å². The third-order valence-electron chi connectivity index (χ3n) is 4.12. The molecule has 1 saturated heterocycles. The smallest absolute Gasteiger partial charge is 0.309 e. The molecule has 1 aliphatic heterocycles. The van der Waals surface area contributed by atoms with Gasteiger partial charge in [0.2, 0.25) is 0 Å². The summed E-state index contributed by atoms with van der Waals surface area (Å²) in [6.07, 6.45) is 5.68. The van der Waals surface area contributed by atoms with Crippen molar-refractivity contribution in [3.8, 4) is 0 Å². The number of ether oxygens (including phenoxy) is 1. The molecule has 0 radical (unpaired) electrons. The lowest BCUT2D eigenvalue weighted by Crippen LogP contribution is -2.35. The van der Waals surface area contributed by atoms with Crippen LogP contribution in [0.5, 0.6) is 0 Å². The van der Waals surface area contributed by atoms with E-state index in [9.17, 15) is 4.79 Å². The molecule has 98 valence electrons. The topological polar surface area (TPSA) is 38.3 Å². The Morgan fingerprint density at radius 3 is 2.35 bits per heavy atom. The van der Waals surface area contributed by atoms with E-state index in [4.69, 9.17) is 4.74 Å². The third-order valence-corrected chi connectivity index (χ3v) is 4.12. The first kappa shape index (κ1) is 12.9. The standard InChI is InChI=1S/C14H25NO2/c1-13(2,3)17-12(16)11-4-6-14(7-5-11)8-9-15-10-14/h11,15H,4-10H2,1-3H3. The van der Waals surface area contributed by atoms with Crippen LogP contribution in [-0.2, 0) is 9.53 Å². The molecule has 0 aromatic carbocycles. The van der Waals surface area contributed by atoms with E-state index in [2.05, 4.69) is 5.32 Å². The molecule has 1 N–H and O–H groups in total. The third kappa shape index (κ3) is 3.21. The summed E-state index contributed by atoms with van der Waals surface area (Å²) in [6.45, 7) is 8.12. The average molecular weight is 239 g/mol. The summed E-state index contributed by atoms with van der Waals surface area (Å²) in [7, 11) is 0. The molecule has 0 bridgehead atoms. The fraction of sp³-hybridized carbons (Fsp3) is 0.929. The van der Waals surface area contributed by atoms with E-state index < -0.39 is 0 Å². The molecule has 0 atom stereocenters. The molecule has 2 fully saturated rings. The van der Waals surface area contributed by atoms with Crippen molar-refractivity contribution in [2.24, 2.45) is 11.3 Å². The first-order valence-corrected chi connectivity index (χ1v) is 6.84. The molecule has 0 unspecified atom stereocenters. The van der Waals surface area contributed by atoms with Gasteiger partial charge in [-0.15, -0.1) is 0 Å². The SMILES string of the molecule is CC(C)(C)OC(=O)C1CCC2(CCNC2)CC1. The van der Waals surface area contributed by atoms with Crippen molar-refractivity contribution >= 4 is 5.97 Å². The normalized spacial score (nSPS) is 33.9. The monoisotopic (exact) mass is 239 g/mol. The summed E-state index contributed by atoms with van der Waals surface area (Å²) < 4.78 is 5.47. The predicted molar refractivity (Wildman–Crippen MR) is 67.7 cm³/mol. The summed E-state index contributed by atoms with van der Waals surface area (Å²) in [5.74, 6) is 0.152. The minimum atomic E-state index is -0.346. The zero-order valence-corrected chi connectivity index (χ0v) is 11.3. The van der Waals surface area contributed by atoms with Crippen LogP contribution in [0, 0.1) is 11.3 Å². The Morgan fingerprint density at radius 1 is 1.24 bits per heavy atom. The van der Waals surface area contributed by atoms with Gasteiger partial charge in [0, 0.05) is 6.54 Å². The number of carbonyl (C=O) groups is 1. The number of esters is 1. The van der Waals surface area contributed by atoms with Crippen LogP contribution in [0.1, 0.15) is 52.9 Å². The van der Waals surface area contributed by atoms with Crippen molar-refractivity contribution in [3.63, 3.8) is 0 Å². The van der Waals surface area contributed by atoms with Gasteiger partial charge in [-0.25, -0.2) is 0 Å². The second kappa shape index (κ2) is 4.60. The first-order chi connectivity index (χ1) is 7.90. The van der Waals surface area contributed by atoms with Gasteiger partial charge in [-0.3, -0.25) is 4.79 Å². The minimum Gasteiger partial charge on any atom is -0.460 e. The van der Waals surface area contributed by atoms with Crippen molar-refractivity contribution in [2.45, 2.75) is 58.5 Å². The van der Waals surface area contributed by atoms with Crippen LogP contribution in [0.4, 0.5) is 0 Å². The molecule has 0 aromatic rings. The molecule has 17 heavy (non-hydrogen) atoms. The first-order valence-electron chi connectivity index (χ1n) is 6.84. The average Bonchev–Trinajstić information content (AvgIpc) is 2.65. The van der Waals surface area contributed by atoms with Crippen LogP contribution in [0.3, 0.4) is 0 Å². The van der Waals surface area contributed by atoms with Crippen LogP contribution in [0.2, 0.25) is 0 Å². The Labute approximate surface area is 104 Å². The lowest BCUT2D eigenvalue weighted by atomic mass is 9.70. The second-order valence-corrected chi connectivity index (χ2v) is 6.73. The number of hydrogen-bond donors (Lipinski definition) is 1. The summed E-state index contributed by atoms with van der Waals surface area (Å²) in [6, 6.07) is 0. The molecule has 0 aromatic heterocycles. The maximum atomic E-state index is 12.0. The molecule has 1 saturated carbocycles. The largest absolute Gasteiger partial charge is 0.460 e. The minimum absolute atomic E-state index is 0.0123. The summed E-state index contributed by atoms with van der Waals surface area (Å²) in [4.78, 5) is 12.0. The molecular formula is C14H25NO2. The Kier molecular flexibility index (Phi) is 3.48. The number of carbonyl (C=O) groups excluding carboxylic acids is 1. The van der Waals surface area contributed by atoms with Crippen LogP contribution in [0.15, 0.2) is 0 Å². The molecule has 2 rings (SSSR count). The van der Waals surface area contributed by atoms with Gasteiger partial charge in [0.05, 0.1) is 5.92 Å². The van der Waals surface area contributed by atoms with E-state index in [1.807, 2.05) is 20.8 Å². The fourth-order valence-electron chi connectivity index (χ4n) is 3.07. The molecule has 1 heterocycles. The number of rotatable bonds is 1. The van der Waals surface area contributed by atoms with E-state index in [0.29, 0.717) is 5.41 Å². The molecule has 3 nitrogen and oxygen atoms in total. The van der Waals surface area contributed by atoms with Gasteiger partial charge in [-0.2, -0.15) is 0 Å². The molecule has 1 aliphatic carbocycles. The van der Waals surface area contributed by atoms with Crippen LogP contribution < -0.4 is 5.32 Å². The quantitative estimate of drug-likeness (QED) is 0.714. The molecule has 1 spiro atoms. The Bertz CT molecular complexity index is 277. The maximum absolute atomic E-state index is 12.0. The van der Waals surface area contributed by atoms with Gasteiger partial charge >= 0.3 is 5.97 Å². The fourth-order valence-corrected chi connectivity index (χ4v) is 3.07. The highest BCUT2D eigenvalue weighted by Gasteiger charge is 2.40. The predicted octanol–water partition coefficient (Wildman–Crippen LogP) is 2.50. The highest BCUT2D eigenvalue weighted by molar-refractivity contribution is 5.73. The van der Waals surface area contributed by atoms with Gasteiger partial charge in [0.15, 0.2) is 0 Å². The van der Waals surface area contributed by atoms with Gasteiger partial charge in [-0.05, 0) is 64.8 Å². The van der Waals surface area contributed by atoms with E-state index >= 15 is 0 Å². The Balaban J connectivity index is 1.84. The van der Waals surface area contributed by atoms with E-state index in [0.717, 1.165) is 25.9 Å². The van der Waals surface area contributed by atoms with Crippen molar-refractivity contribution < 1.29 is 9.53 Å². The Morgan fingerprint density at radius 2 is 1.88 bits per heavy atom. The summed E-state index contributed by atoms with van der Waals surface area (Å²) in [5, 5.41) is 3.45. The zero-order valence-electron chi connectivity index (χ0n) is 11.3. The summed E-state index contributed by atoms with van der Waals surface area (Å²) >= 11 is 0. The number of hydrogen-bond acceptors (Lipinski definition) is 3.